The van der Waals surface area contributed by atoms with E-state index in [0.29, 0.717) is 12.3 Å². The zero-order chi connectivity index (χ0) is 21.5. The Hall–Kier alpha value is -2.70. The normalized spacial score (nSPS) is 23.5. The molecule has 3 atom stereocenters. The van der Waals surface area contributed by atoms with Gasteiger partial charge in [0.2, 0.25) is 0 Å². The minimum atomic E-state index is -0.488. The van der Waals surface area contributed by atoms with Crippen molar-refractivity contribution in [2.24, 2.45) is 0 Å². The molecule has 0 saturated carbocycles. The van der Waals surface area contributed by atoms with Crippen molar-refractivity contribution in [2.45, 2.75) is 77.2 Å². The van der Waals surface area contributed by atoms with Crippen LogP contribution in [0.2, 0.25) is 0 Å². The SMILES string of the molecule is CCOC(=O)c1cc2cc(O[C@@H]3C[C@H]4CC[C@@H](C3)N4C(=O)OC(C)(C)C)ccc2[nH]1. The van der Waals surface area contributed by atoms with Crippen LogP contribution in [0.3, 0.4) is 0 Å². The number of hydrogen-bond donors (Lipinski definition) is 1. The molecule has 0 unspecified atom stereocenters. The van der Waals surface area contributed by atoms with Gasteiger partial charge in [0.05, 0.1) is 6.61 Å². The van der Waals surface area contributed by atoms with Crippen LogP contribution in [-0.4, -0.2) is 52.3 Å². The van der Waals surface area contributed by atoms with E-state index < -0.39 is 5.60 Å². The standard InChI is InChI=1S/C23H30N2O5/c1-5-28-21(26)20-11-14-10-17(8-9-19(14)24-20)29-18-12-15-6-7-16(13-18)25(15)22(27)30-23(2,3)4/h8-11,15-16,18,24H,5-7,12-13H2,1-4H3/t15-,16+,18-. The van der Waals surface area contributed by atoms with Crippen molar-refractivity contribution in [3.05, 3.63) is 30.0 Å². The largest absolute Gasteiger partial charge is 0.490 e. The predicted octanol–water partition coefficient (Wildman–Crippen LogP) is 4.65. The van der Waals surface area contributed by atoms with Gasteiger partial charge < -0.3 is 24.1 Å². The third-order valence-electron chi connectivity index (χ3n) is 5.68. The number of nitrogens with one attached hydrogen (secondary N) is 1. The Morgan fingerprint density at radius 3 is 2.47 bits per heavy atom. The topological polar surface area (TPSA) is 80.9 Å². The van der Waals surface area contributed by atoms with E-state index in [4.69, 9.17) is 14.2 Å². The number of amides is 1. The molecule has 1 N–H and O–H groups in total. The molecule has 2 fully saturated rings. The molecule has 2 aromatic rings. The third-order valence-corrected chi connectivity index (χ3v) is 5.68. The van der Waals surface area contributed by atoms with E-state index in [1.807, 2.05) is 43.9 Å². The quantitative estimate of drug-likeness (QED) is 0.737. The number of rotatable bonds is 4. The van der Waals surface area contributed by atoms with E-state index in [0.717, 1.165) is 42.3 Å². The molecule has 3 heterocycles. The summed E-state index contributed by atoms with van der Waals surface area (Å²) < 4.78 is 16.9. The van der Waals surface area contributed by atoms with Crippen molar-refractivity contribution in [2.75, 3.05) is 6.61 Å². The highest BCUT2D eigenvalue weighted by atomic mass is 16.6. The molecule has 2 bridgehead atoms. The maximum absolute atomic E-state index is 12.6. The number of aromatic nitrogens is 1. The number of H-pyrrole nitrogens is 1. The lowest BCUT2D eigenvalue weighted by atomic mass is 10.00. The highest BCUT2D eigenvalue weighted by Gasteiger charge is 2.45. The van der Waals surface area contributed by atoms with Gasteiger partial charge in [-0.2, -0.15) is 0 Å². The van der Waals surface area contributed by atoms with E-state index in [-0.39, 0.29) is 30.3 Å². The minimum absolute atomic E-state index is 0.0575. The molecule has 30 heavy (non-hydrogen) atoms. The number of nitrogens with zero attached hydrogens (tertiary/aromatic N) is 1. The molecular formula is C23H30N2O5. The first kappa shape index (κ1) is 20.6. The first-order chi connectivity index (χ1) is 14.2. The molecule has 0 radical (unpaired) electrons. The first-order valence-electron chi connectivity index (χ1n) is 10.7. The van der Waals surface area contributed by atoms with Gasteiger partial charge in [-0.3, -0.25) is 0 Å². The van der Waals surface area contributed by atoms with Crippen LogP contribution in [0.5, 0.6) is 5.75 Å². The molecule has 7 heteroatoms. The Morgan fingerprint density at radius 2 is 1.83 bits per heavy atom. The lowest BCUT2D eigenvalue weighted by Gasteiger charge is -2.39. The monoisotopic (exact) mass is 414 g/mol. The smallest absolute Gasteiger partial charge is 0.410 e. The second kappa shape index (κ2) is 7.85. The van der Waals surface area contributed by atoms with Crippen LogP contribution in [-0.2, 0) is 9.47 Å². The van der Waals surface area contributed by atoms with Gasteiger partial charge in [0.25, 0.3) is 0 Å². The van der Waals surface area contributed by atoms with Crippen LogP contribution in [0.25, 0.3) is 10.9 Å². The summed E-state index contributed by atoms with van der Waals surface area (Å²) in [6.07, 6.45) is 3.42. The summed E-state index contributed by atoms with van der Waals surface area (Å²) in [4.78, 5) is 29.6. The number of piperidine rings is 1. The fourth-order valence-electron chi connectivity index (χ4n) is 4.53. The van der Waals surface area contributed by atoms with E-state index in [9.17, 15) is 9.59 Å². The number of hydrogen-bond acceptors (Lipinski definition) is 5. The molecule has 4 rings (SSSR count). The summed E-state index contributed by atoms with van der Waals surface area (Å²) in [6, 6.07) is 7.88. The van der Waals surface area contributed by atoms with E-state index in [2.05, 4.69) is 4.98 Å². The van der Waals surface area contributed by atoms with Crippen LogP contribution in [0.1, 0.15) is 63.9 Å². The number of esters is 1. The predicted molar refractivity (Wildman–Crippen MR) is 113 cm³/mol. The maximum Gasteiger partial charge on any atom is 0.410 e. The number of carbonyl (C=O) groups is 2. The van der Waals surface area contributed by atoms with Crippen molar-refractivity contribution in [1.29, 1.82) is 0 Å². The Kier molecular flexibility index (Phi) is 5.38. The van der Waals surface area contributed by atoms with Crippen molar-refractivity contribution >= 4 is 23.0 Å². The second-order valence-corrected chi connectivity index (χ2v) is 9.14. The summed E-state index contributed by atoms with van der Waals surface area (Å²) in [6.45, 7) is 7.81. The van der Waals surface area contributed by atoms with Crippen LogP contribution in [0.15, 0.2) is 24.3 Å². The molecule has 7 nitrogen and oxygen atoms in total. The molecular weight excluding hydrogens is 384 g/mol. The fraction of sp³-hybridized carbons (Fsp3) is 0.565. The summed E-state index contributed by atoms with van der Waals surface area (Å²) in [5.74, 6) is 0.411. The lowest BCUT2D eigenvalue weighted by Crippen LogP contribution is -2.50. The molecule has 162 valence electrons. The zero-order valence-electron chi connectivity index (χ0n) is 18.1. The number of aromatic amines is 1. The zero-order valence-corrected chi connectivity index (χ0v) is 18.1. The average Bonchev–Trinajstić information content (AvgIpc) is 3.19. The summed E-state index contributed by atoms with van der Waals surface area (Å²) in [5, 5.41) is 0.907. The molecule has 1 aromatic heterocycles. The highest BCUT2D eigenvalue weighted by molar-refractivity contribution is 5.95. The Balaban J connectivity index is 1.43. The fourth-order valence-corrected chi connectivity index (χ4v) is 4.53. The van der Waals surface area contributed by atoms with E-state index in [1.165, 1.54) is 0 Å². The third kappa shape index (κ3) is 4.25. The number of ether oxygens (including phenoxy) is 3. The molecule has 2 aliphatic heterocycles. The van der Waals surface area contributed by atoms with E-state index >= 15 is 0 Å². The Labute approximate surface area is 176 Å². The Morgan fingerprint density at radius 1 is 1.13 bits per heavy atom. The first-order valence-corrected chi connectivity index (χ1v) is 10.7. The second-order valence-electron chi connectivity index (χ2n) is 9.14. The van der Waals surface area contributed by atoms with Gasteiger partial charge in [-0.25, -0.2) is 9.59 Å². The van der Waals surface area contributed by atoms with Crippen LogP contribution in [0.4, 0.5) is 4.79 Å². The molecule has 1 aromatic carbocycles. The van der Waals surface area contributed by atoms with Gasteiger partial charge in [-0.1, -0.05) is 0 Å². The van der Waals surface area contributed by atoms with Crippen molar-refractivity contribution < 1.29 is 23.8 Å². The number of benzene rings is 1. The highest BCUT2D eigenvalue weighted by Crippen LogP contribution is 2.38. The maximum atomic E-state index is 12.6. The summed E-state index contributed by atoms with van der Waals surface area (Å²) >= 11 is 0. The minimum Gasteiger partial charge on any atom is -0.490 e. The van der Waals surface area contributed by atoms with Crippen molar-refractivity contribution in [3.8, 4) is 5.75 Å². The lowest BCUT2D eigenvalue weighted by molar-refractivity contribution is -0.00707. The van der Waals surface area contributed by atoms with Gasteiger partial charge >= 0.3 is 12.1 Å². The molecule has 2 saturated heterocycles. The van der Waals surface area contributed by atoms with Crippen LogP contribution >= 0.6 is 0 Å². The van der Waals surface area contributed by atoms with Crippen LogP contribution in [0, 0.1) is 0 Å². The number of carbonyl (C=O) groups excluding carboxylic acids is 2. The van der Waals surface area contributed by atoms with Crippen molar-refractivity contribution in [3.63, 3.8) is 0 Å². The van der Waals surface area contributed by atoms with Gasteiger partial charge in [-0.15, -0.1) is 0 Å². The van der Waals surface area contributed by atoms with Gasteiger partial charge in [0, 0.05) is 35.8 Å². The van der Waals surface area contributed by atoms with Crippen molar-refractivity contribution in [1.82, 2.24) is 9.88 Å². The number of fused-ring (bicyclic) bond motifs is 3. The summed E-state index contributed by atoms with van der Waals surface area (Å²) in [5.41, 5.74) is 0.816. The molecule has 2 aliphatic rings. The molecule has 0 spiro atoms. The average molecular weight is 415 g/mol. The van der Waals surface area contributed by atoms with E-state index in [1.54, 1.807) is 13.0 Å². The molecule has 0 aliphatic carbocycles. The van der Waals surface area contributed by atoms with Crippen LogP contribution < -0.4 is 4.74 Å². The van der Waals surface area contributed by atoms with Gasteiger partial charge in [-0.05, 0) is 64.8 Å². The summed E-state index contributed by atoms with van der Waals surface area (Å²) in [7, 11) is 0. The molecule has 1 amide bonds. The van der Waals surface area contributed by atoms with Gasteiger partial charge in [0.15, 0.2) is 0 Å². The Bertz CT molecular complexity index is 931. The van der Waals surface area contributed by atoms with Gasteiger partial charge in [0.1, 0.15) is 23.1 Å².